The van der Waals surface area contributed by atoms with Gasteiger partial charge in [-0.3, -0.25) is 0 Å². The van der Waals surface area contributed by atoms with Gasteiger partial charge >= 0.3 is 5.97 Å². The van der Waals surface area contributed by atoms with Crippen molar-refractivity contribution in [3.8, 4) is 0 Å². The number of thioether (sulfide) groups is 2. The number of hydrogen-bond donors (Lipinski definition) is 1. The Balaban J connectivity index is 3.52. The van der Waals surface area contributed by atoms with E-state index in [2.05, 4.69) is 13.8 Å². The molecule has 0 aromatic carbocycles. The van der Waals surface area contributed by atoms with Crippen molar-refractivity contribution in [2.75, 3.05) is 11.5 Å². The van der Waals surface area contributed by atoms with Gasteiger partial charge in [0.2, 0.25) is 0 Å². The minimum atomic E-state index is -0.673. The molecule has 0 aromatic heterocycles. The van der Waals surface area contributed by atoms with Gasteiger partial charge in [0.25, 0.3) is 0 Å². The zero-order chi connectivity index (χ0) is 28.7. The zero-order valence-corrected chi connectivity index (χ0v) is 28.5. The molecule has 39 heavy (non-hydrogen) atoms. The quantitative estimate of drug-likeness (QED) is 0.0613. The lowest BCUT2D eigenvalue weighted by atomic mass is 10.0. The number of carbonyl (C=O) groups is 1. The van der Waals surface area contributed by atoms with E-state index in [1.165, 1.54) is 167 Å². The van der Waals surface area contributed by atoms with E-state index in [0.29, 0.717) is 0 Å². The average molecular weight is 587 g/mol. The average Bonchev–Trinajstić information content (AvgIpc) is 2.93. The van der Waals surface area contributed by atoms with Crippen LogP contribution >= 0.6 is 23.5 Å². The molecule has 0 radical (unpaired) electrons. The summed E-state index contributed by atoms with van der Waals surface area (Å²) in [6.45, 7) is 6.50. The molecule has 0 rings (SSSR count). The standard InChI is InChI=1S/C35H70O2S2/c1-4-6-8-10-12-14-16-18-19-20-21-23-25-27-29-31-33-39-35(3,34(36)37)38-32-30-28-26-24-22-17-15-13-11-9-7-5-2/h4-33H2,1-3H3,(H,36,37). The fourth-order valence-electron chi connectivity index (χ4n) is 5.29. The summed E-state index contributed by atoms with van der Waals surface area (Å²) in [5.41, 5.74) is 0. The van der Waals surface area contributed by atoms with E-state index >= 15 is 0 Å². The molecule has 0 aliphatic carbocycles. The maximum atomic E-state index is 11.9. The van der Waals surface area contributed by atoms with Crippen LogP contribution in [-0.2, 0) is 4.79 Å². The van der Waals surface area contributed by atoms with Crippen molar-refractivity contribution in [1.29, 1.82) is 0 Å². The monoisotopic (exact) mass is 586 g/mol. The first-order chi connectivity index (χ1) is 19.1. The molecule has 0 bridgehead atoms. The van der Waals surface area contributed by atoms with E-state index in [1.807, 2.05) is 6.92 Å². The third-order valence-electron chi connectivity index (χ3n) is 8.14. The molecule has 1 N–H and O–H groups in total. The van der Waals surface area contributed by atoms with Crippen molar-refractivity contribution >= 4 is 29.5 Å². The summed E-state index contributed by atoms with van der Waals surface area (Å²) in [6, 6.07) is 0. The molecular weight excluding hydrogens is 517 g/mol. The Kier molecular flexibility index (Phi) is 31.2. The number of carboxylic acids is 1. The summed E-state index contributed by atoms with van der Waals surface area (Å²) in [7, 11) is 0. The van der Waals surface area contributed by atoms with Crippen molar-refractivity contribution in [2.45, 2.75) is 205 Å². The maximum Gasteiger partial charge on any atom is 0.329 e. The fraction of sp³-hybridized carbons (Fsp3) is 0.971. The Bertz CT molecular complexity index is 499. The SMILES string of the molecule is CCCCCCCCCCCCCCCCCCSC(C)(SCCCCCCCCCCCCCC)C(=O)O. The van der Waals surface area contributed by atoms with E-state index in [1.54, 1.807) is 23.5 Å². The summed E-state index contributed by atoms with van der Waals surface area (Å²) >= 11 is 3.33. The van der Waals surface area contributed by atoms with Crippen molar-refractivity contribution < 1.29 is 9.90 Å². The number of aliphatic carboxylic acids is 1. The highest BCUT2D eigenvalue weighted by Crippen LogP contribution is 2.38. The first-order valence-electron chi connectivity index (χ1n) is 17.6. The van der Waals surface area contributed by atoms with Gasteiger partial charge in [-0.15, -0.1) is 23.5 Å². The van der Waals surface area contributed by atoms with Gasteiger partial charge in [-0.05, 0) is 31.3 Å². The van der Waals surface area contributed by atoms with E-state index in [4.69, 9.17) is 0 Å². The minimum Gasteiger partial charge on any atom is -0.480 e. The van der Waals surface area contributed by atoms with Gasteiger partial charge in [-0.2, -0.15) is 0 Å². The van der Waals surface area contributed by atoms with Gasteiger partial charge in [-0.25, -0.2) is 4.79 Å². The van der Waals surface area contributed by atoms with Crippen molar-refractivity contribution in [1.82, 2.24) is 0 Å². The summed E-state index contributed by atoms with van der Waals surface area (Å²) in [4.78, 5) is 11.9. The van der Waals surface area contributed by atoms with Crippen molar-refractivity contribution in [2.24, 2.45) is 0 Å². The summed E-state index contributed by atoms with van der Waals surface area (Å²) < 4.78 is -0.673. The van der Waals surface area contributed by atoms with Crippen LogP contribution in [0.5, 0.6) is 0 Å². The molecule has 0 saturated carbocycles. The predicted octanol–water partition coefficient (Wildman–Crippen LogP) is 13.2. The van der Waals surface area contributed by atoms with Gasteiger partial charge < -0.3 is 5.11 Å². The molecule has 0 aromatic rings. The highest BCUT2D eigenvalue weighted by atomic mass is 32.2. The molecule has 0 saturated heterocycles. The van der Waals surface area contributed by atoms with Crippen LogP contribution in [0, 0.1) is 0 Å². The van der Waals surface area contributed by atoms with Crippen LogP contribution in [0.15, 0.2) is 0 Å². The molecule has 0 aliphatic heterocycles. The number of rotatable bonds is 33. The van der Waals surface area contributed by atoms with Crippen LogP contribution in [0.2, 0.25) is 0 Å². The summed E-state index contributed by atoms with van der Waals surface area (Å²) in [5, 5.41) is 9.82. The second kappa shape index (κ2) is 31.1. The molecule has 0 aliphatic rings. The minimum absolute atomic E-state index is 0.645. The van der Waals surface area contributed by atoms with Crippen molar-refractivity contribution in [3.05, 3.63) is 0 Å². The Morgan fingerprint density at radius 3 is 0.846 bits per heavy atom. The van der Waals surface area contributed by atoms with Gasteiger partial charge in [0, 0.05) is 0 Å². The normalized spacial score (nSPS) is 13.1. The second-order valence-electron chi connectivity index (χ2n) is 12.1. The number of carboxylic acid groups (broad SMARTS) is 1. The molecule has 0 fully saturated rings. The van der Waals surface area contributed by atoms with Crippen molar-refractivity contribution in [3.63, 3.8) is 0 Å². The molecule has 1 unspecified atom stereocenters. The molecule has 2 nitrogen and oxygen atoms in total. The van der Waals surface area contributed by atoms with Gasteiger partial charge in [0.1, 0.15) is 0 Å². The third-order valence-corrected chi connectivity index (χ3v) is 11.3. The van der Waals surface area contributed by atoms with Gasteiger partial charge in [0.05, 0.1) is 0 Å². The van der Waals surface area contributed by atoms with Crippen LogP contribution in [0.1, 0.15) is 201 Å². The number of hydrogen-bond acceptors (Lipinski definition) is 3. The molecule has 234 valence electrons. The second-order valence-corrected chi connectivity index (χ2v) is 15.4. The van der Waals surface area contributed by atoms with Crippen LogP contribution in [-0.4, -0.2) is 26.7 Å². The largest absolute Gasteiger partial charge is 0.480 e. The molecule has 1 atom stereocenters. The lowest BCUT2D eigenvalue weighted by Gasteiger charge is -2.23. The lowest BCUT2D eigenvalue weighted by Crippen LogP contribution is -2.28. The predicted molar refractivity (Wildman–Crippen MR) is 182 cm³/mol. The molecule has 0 spiro atoms. The molecule has 4 heteroatoms. The topological polar surface area (TPSA) is 37.3 Å². The Morgan fingerprint density at radius 1 is 0.436 bits per heavy atom. The fourth-order valence-corrected chi connectivity index (χ4v) is 7.85. The molecule has 0 heterocycles. The first-order valence-corrected chi connectivity index (χ1v) is 19.5. The first kappa shape index (κ1) is 39.2. The maximum absolute atomic E-state index is 11.9. The van der Waals surface area contributed by atoms with E-state index in [-0.39, 0.29) is 0 Å². The molecular formula is C35H70O2S2. The summed E-state index contributed by atoms with van der Waals surface area (Å²) in [5.74, 6) is 1.31. The van der Waals surface area contributed by atoms with Crippen LogP contribution in [0.3, 0.4) is 0 Å². The van der Waals surface area contributed by atoms with E-state index in [9.17, 15) is 9.90 Å². The van der Waals surface area contributed by atoms with Crippen LogP contribution in [0.25, 0.3) is 0 Å². The van der Waals surface area contributed by atoms with Crippen LogP contribution < -0.4 is 0 Å². The van der Waals surface area contributed by atoms with Crippen LogP contribution in [0.4, 0.5) is 0 Å². The molecule has 0 amide bonds. The summed E-state index contributed by atoms with van der Waals surface area (Å²) in [6.07, 6.45) is 38.4. The Hall–Kier alpha value is 0.170. The van der Waals surface area contributed by atoms with Gasteiger partial charge in [0.15, 0.2) is 4.08 Å². The number of unbranched alkanes of at least 4 members (excludes halogenated alkanes) is 26. The van der Waals surface area contributed by atoms with E-state index in [0.717, 1.165) is 24.3 Å². The van der Waals surface area contributed by atoms with E-state index < -0.39 is 10.0 Å². The van der Waals surface area contributed by atoms with Gasteiger partial charge in [-0.1, -0.05) is 181 Å². The lowest BCUT2D eigenvalue weighted by molar-refractivity contribution is -0.136. The highest BCUT2D eigenvalue weighted by molar-refractivity contribution is 8.19. The zero-order valence-electron chi connectivity index (χ0n) is 26.9. The Labute approximate surface area is 254 Å². The highest BCUT2D eigenvalue weighted by Gasteiger charge is 2.33. The Morgan fingerprint density at radius 2 is 0.641 bits per heavy atom. The third kappa shape index (κ3) is 28.1. The smallest absolute Gasteiger partial charge is 0.329 e.